The van der Waals surface area contributed by atoms with Crippen LogP contribution in [0.1, 0.15) is 0 Å². The minimum absolute atomic E-state index is 0.0914. The second kappa shape index (κ2) is 2.05. The quantitative estimate of drug-likeness (QED) is 0.459. The Bertz CT molecular complexity index is 208. The Labute approximate surface area is 52.3 Å². The second-order valence-corrected chi connectivity index (χ2v) is 2.98. The van der Waals surface area contributed by atoms with Crippen molar-refractivity contribution in [2.45, 2.75) is 6.04 Å². The number of aldehydes is 1. The van der Waals surface area contributed by atoms with Crippen LogP contribution in [0.3, 0.4) is 0 Å². The first-order valence-electron chi connectivity index (χ1n) is 2.26. The van der Waals surface area contributed by atoms with Gasteiger partial charge in [-0.1, -0.05) is 0 Å². The maximum atomic E-state index is 10.3. The summed E-state index contributed by atoms with van der Waals surface area (Å²) in [5.74, 6) is 0. The SMILES string of the molecule is O=CC1COS(=O)(=O)N1. The Morgan fingerprint density at radius 1 is 1.67 bits per heavy atom. The van der Waals surface area contributed by atoms with Crippen molar-refractivity contribution in [2.75, 3.05) is 6.61 Å². The summed E-state index contributed by atoms with van der Waals surface area (Å²) in [6.45, 7) is -0.0914. The molecule has 0 aromatic carbocycles. The molecule has 0 aliphatic carbocycles. The molecule has 6 heteroatoms. The van der Waals surface area contributed by atoms with Crippen molar-refractivity contribution in [3.05, 3.63) is 0 Å². The maximum Gasteiger partial charge on any atom is 0.336 e. The van der Waals surface area contributed by atoms with Crippen LogP contribution in [-0.2, 0) is 19.3 Å². The fourth-order valence-corrected chi connectivity index (χ4v) is 1.37. The molecule has 0 saturated carbocycles. The molecule has 0 aromatic rings. The summed E-state index contributed by atoms with van der Waals surface area (Å²) in [5, 5.41) is 0. The summed E-state index contributed by atoms with van der Waals surface area (Å²) in [7, 11) is -3.59. The number of hydrogen-bond acceptors (Lipinski definition) is 4. The van der Waals surface area contributed by atoms with Crippen LogP contribution in [0.4, 0.5) is 0 Å². The van der Waals surface area contributed by atoms with Crippen molar-refractivity contribution < 1.29 is 17.4 Å². The molecule has 1 aliphatic heterocycles. The first-order chi connectivity index (χ1) is 4.14. The van der Waals surface area contributed by atoms with Crippen LogP contribution < -0.4 is 4.72 Å². The third-order valence-corrected chi connectivity index (χ3v) is 1.90. The van der Waals surface area contributed by atoms with Gasteiger partial charge in [0.05, 0.1) is 6.61 Å². The van der Waals surface area contributed by atoms with Crippen molar-refractivity contribution in [2.24, 2.45) is 0 Å². The lowest BCUT2D eigenvalue weighted by atomic mass is 10.4. The highest BCUT2D eigenvalue weighted by atomic mass is 32.2. The molecule has 52 valence electrons. The Morgan fingerprint density at radius 2 is 2.33 bits per heavy atom. The lowest BCUT2D eigenvalue weighted by Gasteiger charge is -1.89. The summed E-state index contributed by atoms with van der Waals surface area (Å²) < 4.78 is 26.8. The van der Waals surface area contributed by atoms with Crippen LogP contribution in [0.25, 0.3) is 0 Å². The number of rotatable bonds is 1. The molecule has 1 atom stereocenters. The molecule has 0 aromatic heterocycles. The van der Waals surface area contributed by atoms with E-state index in [1.165, 1.54) is 0 Å². The normalized spacial score (nSPS) is 32.2. The van der Waals surface area contributed by atoms with Crippen LogP contribution in [0.5, 0.6) is 0 Å². The molecule has 0 spiro atoms. The first-order valence-corrected chi connectivity index (χ1v) is 3.67. The van der Waals surface area contributed by atoms with Crippen molar-refractivity contribution in [1.82, 2.24) is 4.72 Å². The Morgan fingerprint density at radius 3 is 2.56 bits per heavy atom. The van der Waals surface area contributed by atoms with Gasteiger partial charge in [0, 0.05) is 0 Å². The zero-order valence-corrected chi connectivity index (χ0v) is 5.22. The summed E-state index contributed by atoms with van der Waals surface area (Å²) in [5.41, 5.74) is 0. The monoisotopic (exact) mass is 151 g/mol. The van der Waals surface area contributed by atoms with Crippen molar-refractivity contribution in [1.29, 1.82) is 0 Å². The van der Waals surface area contributed by atoms with Gasteiger partial charge in [0.1, 0.15) is 12.3 Å². The van der Waals surface area contributed by atoms with Gasteiger partial charge in [0.25, 0.3) is 0 Å². The molecular weight excluding hydrogens is 146 g/mol. The van der Waals surface area contributed by atoms with Gasteiger partial charge in [-0.05, 0) is 0 Å². The maximum absolute atomic E-state index is 10.3. The number of hydrogen-bond donors (Lipinski definition) is 1. The van der Waals surface area contributed by atoms with E-state index in [4.69, 9.17) is 0 Å². The minimum Gasteiger partial charge on any atom is -0.301 e. The summed E-state index contributed by atoms with van der Waals surface area (Å²) in [4.78, 5) is 9.89. The summed E-state index contributed by atoms with van der Waals surface area (Å²) >= 11 is 0. The Hall–Kier alpha value is -0.460. The van der Waals surface area contributed by atoms with E-state index in [1.54, 1.807) is 0 Å². The summed E-state index contributed by atoms with van der Waals surface area (Å²) in [6.07, 6.45) is 0.491. The van der Waals surface area contributed by atoms with Crippen molar-refractivity contribution in [3.8, 4) is 0 Å². The second-order valence-electron chi connectivity index (χ2n) is 1.60. The van der Waals surface area contributed by atoms with Crippen LogP contribution in [-0.4, -0.2) is 27.4 Å². The predicted octanol–water partition coefficient (Wildman–Crippen LogP) is -1.58. The van der Waals surface area contributed by atoms with Crippen LogP contribution >= 0.6 is 0 Å². The minimum atomic E-state index is -3.59. The molecule has 1 unspecified atom stereocenters. The van der Waals surface area contributed by atoms with Gasteiger partial charge in [-0.15, -0.1) is 0 Å². The van der Waals surface area contributed by atoms with E-state index in [1.807, 2.05) is 4.72 Å². The fourth-order valence-electron chi connectivity index (χ4n) is 0.483. The molecule has 5 nitrogen and oxygen atoms in total. The number of nitrogens with one attached hydrogen (secondary N) is 1. The Kier molecular flexibility index (Phi) is 1.52. The highest BCUT2D eigenvalue weighted by Gasteiger charge is 2.26. The van der Waals surface area contributed by atoms with Gasteiger partial charge in [-0.2, -0.15) is 13.1 Å². The third kappa shape index (κ3) is 1.47. The van der Waals surface area contributed by atoms with Crippen LogP contribution in [0, 0.1) is 0 Å². The molecule has 9 heavy (non-hydrogen) atoms. The number of carbonyl (C=O) groups excluding carboxylic acids is 1. The first kappa shape index (κ1) is 6.66. The molecule has 1 heterocycles. The lowest BCUT2D eigenvalue weighted by Crippen LogP contribution is -2.27. The van der Waals surface area contributed by atoms with Gasteiger partial charge >= 0.3 is 10.3 Å². The highest BCUT2D eigenvalue weighted by Crippen LogP contribution is 2.00. The van der Waals surface area contributed by atoms with Gasteiger partial charge < -0.3 is 4.79 Å². The fraction of sp³-hybridized carbons (Fsp3) is 0.667. The van der Waals surface area contributed by atoms with Gasteiger partial charge in [0.15, 0.2) is 0 Å². The molecule has 0 amide bonds. The average Bonchev–Trinajstić information content (AvgIpc) is 2.10. The van der Waals surface area contributed by atoms with Gasteiger partial charge in [-0.3, -0.25) is 4.18 Å². The molecule has 0 bridgehead atoms. The molecule has 0 radical (unpaired) electrons. The largest absolute Gasteiger partial charge is 0.336 e. The molecule has 1 N–H and O–H groups in total. The van der Waals surface area contributed by atoms with Crippen LogP contribution in [0.2, 0.25) is 0 Å². The standard InChI is InChI=1S/C3H5NO4S/c5-1-3-2-8-9(6,7)4-3/h1,3-4H,2H2. The van der Waals surface area contributed by atoms with E-state index in [2.05, 4.69) is 4.18 Å². The van der Waals surface area contributed by atoms with E-state index in [9.17, 15) is 13.2 Å². The molecule has 1 aliphatic rings. The smallest absolute Gasteiger partial charge is 0.301 e. The molecular formula is C3H5NO4S. The van der Waals surface area contributed by atoms with Gasteiger partial charge in [0.2, 0.25) is 0 Å². The Balaban J connectivity index is 2.68. The average molecular weight is 151 g/mol. The van der Waals surface area contributed by atoms with Crippen molar-refractivity contribution in [3.63, 3.8) is 0 Å². The lowest BCUT2D eigenvalue weighted by molar-refractivity contribution is -0.109. The van der Waals surface area contributed by atoms with E-state index >= 15 is 0 Å². The van der Waals surface area contributed by atoms with Gasteiger partial charge in [-0.25, -0.2) is 0 Å². The van der Waals surface area contributed by atoms with E-state index in [0.717, 1.165) is 0 Å². The van der Waals surface area contributed by atoms with E-state index in [0.29, 0.717) is 6.29 Å². The molecule has 1 saturated heterocycles. The molecule has 1 fully saturated rings. The van der Waals surface area contributed by atoms with E-state index in [-0.39, 0.29) is 6.61 Å². The zero-order chi connectivity index (χ0) is 6.91. The summed E-state index contributed by atoms with van der Waals surface area (Å²) in [6, 6.07) is -0.699. The zero-order valence-electron chi connectivity index (χ0n) is 4.40. The third-order valence-electron chi connectivity index (χ3n) is 0.863. The predicted molar refractivity (Wildman–Crippen MR) is 27.9 cm³/mol. The van der Waals surface area contributed by atoms with E-state index < -0.39 is 16.3 Å². The highest BCUT2D eigenvalue weighted by molar-refractivity contribution is 7.85. The molecule has 1 rings (SSSR count). The topological polar surface area (TPSA) is 72.5 Å². The van der Waals surface area contributed by atoms with Crippen LogP contribution in [0.15, 0.2) is 0 Å². The number of carbonyl (C=O) groups is 1. The van der Waals surface area contributed by atoms with Crippen molar-refractivity contribution >= 4 is 16.6 Å².